The van der Waals surface area contributed by atoms with Gasteiger partial charge in [-0.05, 0) is 29.8 Å². The highest BCUT2D eigenvalue weighted by atomic mass is 79.9. The summed E-state index contributed by atoms with van der Waals surface area (Å²) < 4.78 is 1.03. The number of anilines is 3. The minimum Gasteiger partial charge on any atom is -0.349 e. The molecule has 6 heteroatoms. The molecule has 2 aromatic carbocycles. The summed E-state index contributed by atoms with van der Waals surface area (Å²) >= 11 is 3.41. The fourth-order valence-corrected chi connectivity index (χ4v) is 2.16. The van der Waals surface area contributed by atoms with Crippen molar-refractivity contribution in [1.29, 1.82) is 0 Å². The second-order valence-corrected chi connectivity index (χ2v) is 5.55. The minimum absolute atomic E-state index is 0.492. The van der Waals surface area contributed by atoms with Gasteiger partial charge in [-0.1, -0.05) is 46.3 Å². The molecule has 0 bridgehead atoms. The molecular formula is C16H14BrN5. The Labute approximate surface area is 137 Å². The van der Waals surface area contributed by atoms with Crippen LogP contribution in [0.4, 0.5) is 17.5 Å². The third kappa shape index (κ3) is 4.02. The Morgan fingerprint density at radius 2 is 1.73 bits per heavy atom. The lowest BCUT2D eigenvalue weighted by atomic mass is 10.2. The van der Waals surface area contributed by atoms with E-state index in [1.807, 2.05) is 54.6 Å². The van der Waals surface area contributed by atoms with E-state index in [2.05, 4.69) is 41.7 Å². The van der Waals surface area contributed by atoms with Crippen molar-refractivity contribution in [2.45, 2.75) is 6.54 Å². The van der Waals surface area contributed by atoms with E-state index in [1.165, 1.54) is 0 Å². The Morgan fingerprint density at radius 3 is 2.50 bits per heavy atom. The molecule has 5 nitrogen and oxygen atoms in total. The van der Waals surface area contributed by atoms with Crippen molar-refractivity contribution in [3.8, 4) is 0 Å². The number of nitrogens with one attached hydrogen (secondary N) is 2. The molecule has 0 aliphatic heterocycles. The van der Waals surface area contributed by atoms with Crippen LogP contribution in [0.15, 0.2) is 65.3 Å². The van der Waals surface area contributed by atoms with E-state index in [1.54, 1.807) is 6.20 Å². The lowest BCUT2D eigenvalue weighted by Gasteiger charge is -2.07. The highest BCUT2D eigenvalue weighted by molar-refractivity contribution is 9.10. The van der Waals surface area contributed by atoms with Gasteiger partial charge in [0, 0.05) is 16.7 Å². The van der Waals surface area contributed by atoms with Crippen LogP contribution in [0.3, 0.4) is 0 Å². The lowest BCUT2D eigenvalue weighted by Crippen LogP contribution is -2.06. The first-order chi connectivity index (χ1) is 10.8. The Balaban J connectivity index is 1.66. The van der Waals surface area contributed by atoms with Gasteiger partial charge < -0.3 is 10.6 Å². The molecule has 0 saturated carbocycles. The molecule has 3 aromatic rings. The van der Waals surface area contributed by atoms with Crippen LogP contribution < -0.4 is 10.6 Å². The number of hydrogen-bond acceptors (Lipinski definition) is 5. The van der Waals surface area contributed by atoms with Crippen molar-refractivity contribution < 1.29 is 0 Å². The molecule has 0 spiro atoms. The van der Waals surface area contributed by atoms with Crippen molar-refractivity contribution in [2.75, 3.05) is 10.6 Å². The first-order valence-corrected chi connectivity index (χ1v) is 7.59. The van der Waals surface area contributed by atoms with Gasteiger partial charge in [-0.3, -0.25) is 0 Å². The van der Waals surface area contributed by atoms with Gasteiger partial charge >= 0.3 is 0 Å². The van der Waals surface area contributed by atoms with E-state index in [0.717, 1.165) is 15.7 Å². The molecule has 3 rings (SSSR count). The van der Waals surface area contributed by atoms with Crippen molar-refractivity contribution in [3.63, 3.8) is 0 Å². The maximum Gasteiger partial charge on any atom is 0.244 e. The summed E-state index contributed by atoms with van der Waals surface area (Å²) in [5.74, 6) is 1.14. The van der Waals surface area contributed by atoms with E-state index in [-0.39, 0.29) is 0 Å². The monoisotopic (exact) mass is 355 g/mol. The quantitative estimate of drug-likeness (QED) is 0.724. The summed E-state index contributed by atoms with van der Waals surface area (Å²) in [6.45, 7) is 0.657. The highest BCUT2D eigenvalue weighted by Crippen LogP contribution is 2.17. The molecule has 1 aromatic heterocycles. The van der Waals surface area contributed by atoms with Crippen LogP contribution in [-0.4, -0.2) is 15.2 Å². The van der Waals surface area contributed by atoms with Crippen LogP contribution in [0.2, 0.25) is 0 Å². The van der Waals surface area contributed by atoms with Crippen LogP contribution in [-0.2, 0) is 6.54 Å². The number of halogens is 1. The SMILES string of the molecule is Brc1ccc(Nc2cnnc(NCc3ccccc3)n2)cc1. The van der Waals surface area contributed by atoms with Gasteiger partial charge in [-0.2, -0.15) is 10.1 Å². The number of hydrogen-bond donors (Lipinski definition) is 2. The summed E-state index contributed by atoms with van der Waals surface area (Å²) in [6.07, 6.45) is 1.59. The van der Waals surface area contributed by atoms with Crippen LogP contribution >= 0.6 is 15.9 Å². The zero-order valence-electron chi connectivity index (χ0n) is 11.7. The number of nitrogens with zero attached hydrogens (tertiary/aromatic N) is 3. The van der Waals surface area contributed by atoms with Gasteiger partial charge in [-0.15, -0.1) is 5.10 Å². The molecule has 1 heterocycles. The summed E-state index contributed by atoms with van der Waals surface area (Å²) in [5, 5.41) is 14.3. The van der Waals surface area contributed by atoms with Crippen molar-refractivity contribution in [3.05, 3.63) is 70.8 Å². The zero-order chi connectivity index (χ0) is 15.2. The Morgan fingerprint density at radius 1 is 0.955 bits per heavy atom. The zero-order valence-corrected chi connectivity index (χ0v) is 13.3. The molecular weight excluding hydrogens is 342 g/mol. The van der Waals surface area contributed by atoms with E-state index >= 15 is 0 Å². The van der Waals surface area contributed by atoms with Gasteiger partial charge in [0.1, 0.15) is 0 Å². The second kappa shape index (κ2) is 7.00. The largest absolute Gasteiger partial charge is 0.349 e. The molecule has 0 saturated heterocycles. The van der Waals surface area contributed by atoms with Gasteiger partial charge in [0.05, 0.1) is 6.20 Å². The average Bonchev–Trinajstić information content (AvgIpc) is 2.57. The van der Waals surface area contributed by atoms with Gasteiger partial charge in [0.25, 0.3) is 0 Å². The Kier molecular flexibility index (Phi) is 4.60. The van der Waals surface area contributed by atoms with Crippen LogP contribution in [0.1, 0.15) is 5.56 Å². The van der Waals surface area contributed by atoms with Crippen LogP contribution in [0, 0.1) is 0 Å². The van der Waals surface area contributed by atoms with Gasteiger partial charge in [-0.25, -0.2) is 0 Å². The van der Waals surface area contributed by atoms with Crippen molar-refractivity contribution >= 4 is 33.4 Å². The third-order valence-corrected chi connectivity index (χ3v) is 3.50. The van der Waals surface area contributed by atoms with E-state index < -0.39 is 0 Å². The molecule has 0 amide bonds. The fourth-order valence-electron chi connectivity index (χ4n) is 1.90. The van der Waals surface area contributed by atoms with Gasteiger partial charge in [0.2, 0.25) is 5.95 Å². The van der Waals surface area contributed by atoms with Crippen molar-refractivity contribution in [1.82, 2.24) is 15.2 Å². The Hall–Kier alpha value is -2.47. The molecule has 0 fully saturated rings. The fraction of sp³-hybridized carbons (Fsp3) is 0.0625. The molecule has 2 N–H and O–H groups in total. The molecule has 0 aliphatic carbocycles. The van der Waals surface area contributed by atoms with E-state index in [0.29, 0.717) is 18.3 Å². The normalized spacial score (nSPS) is 10.2. The molecule has 0 aliphatic rings. The topological polar surface area (TPSA) is 62.7 Å². The van der Waals surface area contributed by atoms with Gasteiger partial charge in [0.15, 0.2) is 5.82 Å². The van der Waals surface area contributed by atoms with Crippen LogP contribution in [0.5, 0.6) is 0 Å². The smallest absolute Gasteiger partial charge is 0.244 e. The molecule has 0 radical (unpaired) electrons. The highest BCUT2D eigenvalue weighted by Gasteiger charge is 2.01. The number of rotatable bonds is 5. The van der Waals surface area contributed by atoms with Crippen LogP contribution in [0.25, 0.3) is 0 Å². The standard InChI is InChI=1S/C16H14BrN5/c17-13-6-8-14(9-7-13)20-15-11-19-22-16(21-15)18-10-12-4-2-1-3-5-12/h1-9,11H,10H2,(H2,18,20,21,22). The minimum atomic E-state index is 0.492. The van der Waals surface area contributed by atoms with Crippen molar-refractivity contribution in [2.24, 2.45) is 0 Å². The molecule has 0 atom stereocenters. The summed E-state index contributed by atoms with van der Waals surface area (Å²) in [4.78, 5) is 4.40. The third-order valence-electron chi connectivity index (χ3n) is 2.97. The number of benzene rings is 2. The Bertz CT molecular complexity index is 731. The molecule has 22 heavy (non-hydrogen) atoms. The van der Waals surface area contributed by atoms with E-state index in [9.17, 15) is 0 Å². The molecule has 0 unspecified atom stereocenters. The summed E-state index contributed by atoms with van der Waals surface area (Å²) in [7, 11) is 0. The maximum atomic E-state index is 4.40. The first kappa shape index (κ1) is 14.5. The predicted octanol–water partition coefficient (Wildman–Crippen LogP) is 3.99. The van der Waals surface area contributed by atoms with E-state index in [4.69, 9.17) is 0 Å². The molecule has 110 valence electrons. The number of aromatic nitrogens is 3. The maximum absolute atomic E-state index is 4.40. The predicted molar refractivity (Wildman–Crippen MR) is 91.0 cm³/mol. The summed E-state index contributed by atoms with van der Waals surface area (Å²) in [5.41, 5.74) is 2.11. The first-order valence-electron chi connectivity index (χ1n) is 6.80. The lowest BCUT2D eigenvalue weighted by molar-refractivity contribution is 0.949. The summed E-state index contributed by atoms with van der Waals surface area (Å²) in [6, 6.07) is 17.9. The second-order valence-electron chi connectivity index (χ2n) is 4.64. The average molecular weight is 356 g/mol.